The SMILES string of the molecule is NCCCC1CCCN1c1ccnc2cc(Br)cnc12. The van der Waals surface area contributed by atoms with E-state index in [1.807, 2.05) is 18.5 Å². The Bertz CT molecular complexity index is 601. The summed E-state index contributed by atoms with van der Waals surface area (Å²) in [7, 11) is 0. The van der Waals surface area contributed by atoms with Crippen molar-refractivity contribution in [2.45, 2.75) is 31.7 Å². The molecule has 0 aromatic carbocycles. The fourth-order valence-electron chi connectivity index (χ4n) is 3.03. The molecule has 0 spiro atoms. The van der Waals surface area contributed by atoms with Crippen LogP contribution in [0.1, 0.15) is 25.7 Å². The highest BCUT2D eigenvalue weighted by Crippen LogP contribution is 2.32. The van der Waals surface area contributed by atoms with Crippen molar-refractivity contribution >= 4 is 32.7 Å². The van der Waals surface area contributed by atoms with Gasteiger partial charge in [-0.15, -0.1) is 0 Å². The second-order valence-electron chi connectivity index (χ2n) is 5.27. The standard InChI is InChI=1S/C15H19BrN4/c16-11-9-13-15(19-10-11)14(5-7-18-13)20-8-2-4-12(20)3-1-6-17/h5,7,9-10,12H,1-4,6,8,17H2. The molecule has 2 N–H and O–H groups in total. The predicted octanol–water partition coefficient (Wildman–Crippen LogP) is 3.10. The van der Waals surface area contributed by atoms with E-state index in [0.717, 1.165) is 41.4 Å². The molecule has 1 fully saturated rings. The van der Waals surface area contributed by atoms with E-state index in [1.54, 1.807) is 0 Å². The van der Waals surface area contributed by atoms with Gasteiger partial charge in [0.1, 0.15) is 5.52 Å². The van der Waals surface area contributed by atoms with Gasteiger partial charge in [-0.05, 0) is 60.3 Å². The third-order valence-corrected chi connectivity index (χ3v) is 4.38. The Morgan fingerprint density at radius 1 is 1.40 bits per heavy atom. The van der Waals surface area contributed by atoms with Crippen molar-refractivity contribution in [3.63, 3.8) is 0 Å². The molecule has 3 rings (SSSR count). The topological polar surface area (TPSA) is 55.0 Å². The van der Waals surface area contributed by atoms with Gasteiger partial charge in [-0.1, -0.05) is 0 Å². The first-order valence-corrected chi connectivity index (χ1v) is 7.96. The molecule has 1 aliphatic rings. The van der Waals surface area contributed by atoms with Crippen LogP contribution in [-0.4, -0.2) is 29.1 Å². The van der Waals surface area contributed by atoms with Crippen LogP contribution < -0.4 is 10.6 Å². The maximum atomic E-state index is 5.65. The summed E-state index contributed by atoms with van der Waals surface area (Å²) in [4.78, 5) is 11.5. The third kappa shape index (κ3) is 2.65. The zero-order valence-corrected chi connectivity index (χ0v) is 13.0. The zero-order valence-electron chi connectivity index (χ0n) is 11.4. The van der Waals surface area contributed by atoms with Crippen LogP contribution in [0.25, 0.3) is 11.0 Å². The van der Waals surface area contributed by atoms with Crippen molar-refractivity contribution < 1.29 is 0 Å². The van der Waals surface area contributed by atoms with Crippen LogP contribution in [-0.2, 0) is 0 Å². The molecule has 106 valence electrons. The first-order valence-electron chi connectivity index (χ1n) is 7.16. The van der Waals surface area contributed by atoms with Crippen molar-refractivity contribution in [2.75, 3.05) is 18.0 Å². The molecule has 4 nitrogen and oxygen atoms in total. The van der Waals surface area contributed by atoms with Gasteiger partial charge in [-0.25, -0.2) is 0 Å². The minimum Gasteiger partial charge on any atom is -0.367 e. The van der Waals surface area contributed by atoms with Gasteiger partial charge in [0, 0.05) is 29.5 Å². The summed E-state index contributed by atoms with van der Waals surface area (Å²) in [6.45, 7) is 1.87. The number of aromatic nitrogens is 2. The van der Waals surface area contributed by atoms with Crippen LogP contribution in [0.2, 0.25) is 0 Å². The van der Waals surface area contributed by atoms with Gasteiger partial charge in [0.25, 0.3) is 0 Å². The lowest BCUT2D eigenvalue weighted by molar-refractivity contribution is 0.586. The molecular formula is C15H19BrN4. The molecule has 1 aliphatic heterocycles. The Hall–Kier alpha value is -1.20. The summed E-state index contributed by atoms with van der Waals surface area (Å²) in [5, 5.41) is 0. The smallest absolute Gasteiger partial charge is 0.112 e. The summed E-state index contributed by atoms with van der Waals surface area (Å²) in [6.07, 6.45) is 8.47. The number of fused-ring (bicyclic) bond motifs is 1. The minimum atomic E-state index is 0.592. The largest absolute Gasteiger partial charge is 0.367 e. The molecule has 1 saturated heterocycles. The fraction of sp³-hybridized carbons (Fsp3) is 0.467. The molecule has 0 saturated carbocycles. The number of pyridine rings is 2. The highest BCUT2D eigenvalue weighted by atomic mass is 79.9. The summed E-state index contributed by atoms with van der Waals surface area (Å²) in [6, 6.07) is 4.70. The molecule has 5 heteroatoms. The fourth-order valence-corrected chi connectivity index (χ4v) is 3.35. The average molecular weight is 335 g/mol. The average Bonchev–Trinajstić information content (AvgIpc) is 2.92. The van der Waals surface area contributed by atoms with E-state index < -0.39 is 0 Å². The molecule has 1 atom stereocenters. The normalized spacial score (nSPS) is 18.9. The van der Waals surface area contributed by atoms with Gasteiger partial charge >= 0.3 is 0 Å². The third-order valence-electron chi connectivity index (χ3n) is 3.95. The number of rotatable bonds is 4. The summed E-state index contributed by atoms with van der Waals surface area (Å²) in [5.74, 6) is 0. The first kappa shape index (κ1) is 13.8. The second-order valence-corrected chi connectivity index (χ2v) is 6.19. The number of halogens is 1. The van der Waals surface area contributed by atoms with Crippen LogP contribution >= 0.6 is 15.9 Å². The Balaban J connectivity index is 1.96. The maximum Gasteiger partial charge on any atom is 0.112 e. The van der Waals surface area contributed by atoms with Crippen LogP contribution in [0.15, 0.2) is 29.0 Å². The minimum absolute atomic E-state index is 0.592. The summed E-state index contributed by atoms with van der Waals surface area (Å²) in [5.41, 5.74) is 8.80. The van der Waals surface area contributed by atoms with Crippen LogP contribution in [0.4, 0.5) is 5.69 Å². The Morgan fingerprint density at radius 2 is 2.30 bits per heavy atom. The van der Waals surface area contributed by atoms with Crippen molar-refractivity contribution in [1.82, 2.24) is 9.97 Å². The second kappa shape index (κ2) is 6.06. The van der Waals surface area contributed by atoms with Gasteiger partial charge in [0.15, 0.2) is 0 Å². The van der Waals surface area contributed by atoms with Gasteiger partial charge in [-0.2, -0.15) is 0 Å². The molecule has 1 unspecified atom stereocenters. The molecule has 20 heavy (non-hydrogen) atoms. The molecule has 0 radical (unpaired) electrons. The highest BCUT2D eigenvalue weighted by Gasteiger charge is 2.25. The summed E-state index contributed by atoms with van der Waals surface area (Å²) >= 11 is 3.46. The van der Waals surface area contributed by atoms with E-state index >= 15 is 0 Å². The zero-order chi connectivity index (χ0) is 13.9. The molecule has 0 bridgehead atoms. The van der Waals surface area contributed by atoms with Crippen molar-refractivity contribution in [2.24, 2.45) is 5.73 Å². The van der Waals surface area contributed by atoms with Crippen LogP contribution in [0, 0.1) is 0 Å². The van der Waals surface area contributed by atoms with E-state index in [1.165, 1.54) is 18.5 Å². The van der Waals surface area contributed by atoms with Gasteiger partial charge < -0.3 is 10.6 Å². The van der Waals surface area contributed by atoms with Crippen molar-refractivity contribution in [1.29, 1.82) is 0 Å². The lowest BCUT2D eigenvalue weighted by Crippen LogP contribution is -2.30. The van der Waals surface area contributed by atoms with Gasteiger partial charge in [0.05, 0.1) is 11.2 Å². The van der Waals surface area contributed by atoms with Crippen LogP contribution in [0.5, 0.6) is 0 Å². The quantitative estimate of drug-likeness (QED) is 0.933. The molecule has 0 aliphatic carbocycles. The number of anilines is 1. The van der Waals surface area contributed by atoms with E-state index in [0.29, 0.717) is 6.04 Å². The Morgan fingerprint density at radius 3 is 3.15 bits per heavy atom. The molecule has 2 aromatic rings. The van der Waals surface area contributed by atoms with E-state index in [4.69, 9.17) is 5.73 Å². The number of nitrogens with two attached hydrogens (primary N) is 1. The number of hydrogen-bond donors (Lipinski definition) is 1. The van der Waals surface area contributed by atoms with Crippen molar-refractivity contribution in [3.05, 3.63) is 29.0 Å². The van der Waals surface area contributed by atoms with E-state index in [-0.39, 0.29) is 0 Å². The van der Waals surface area contributed by atoms with Gasteiger partial charge in [0.2, 0.25) is 0 Å². The first-order chi connectivity index (χ1) is 9.79. The number of hydrogen-bond acceptors (Lipinski definition) is 4. The Labute approximate surface area is 127 Å². The lowest BCUT2D eigenvalue weighted by Gasteiger charge is -2.27. The molecule has 3 heterocycles. The predicted molar refractivity (Wildman–Crippen MR) is 85.9 cm³/mol. The highest BCUT2D eigenvalue weighted by molar-refractivity contribution is 9.10. The molecule has 0 amide bonds. The number of nitrogens with zero attached hydrogens (tertiary/aromatic N) is 3. The Kier molecular flexibility index (Phi) is 4.17. The lowest BCUT2D eigenvalue weighted by atomic mass is 10.1. The monoisotopic (exact) mass is 334 g/mol. The summed E-state index contributed by atoms with van der Waals surface area (Å²) < 4.78 is 0.968. The maximum absolute atomic E-state index is 5.65. The van der Waals surface area contributed by atoms with Gasteiger partial charge in [-0.3, -0.25) is 9.97 Å². The van der Waals surface area contributed by atoms with Crippen molar-refractivity contribution in [3.8, 4) is 0 Å². The van der Waals surface area contributed by atoms with Crippen LogP contribution in [0.3, 0.4) is 0 Å². The molecular weight excluding hydrogens is 316 g/mol. The molecule has 2 aromatic heterocycles. The van der Waals surface area contributed by atoms with E-state index in [2.05, 4.69) is 36.9 Å². The van der Waals surface area contributed by atoms with E-state index in [9.17, 15) is 0 Å².